The maximum Gasteiger partial charge on any atom is 0.227 e. The monoisotopic (exact) mass is 367 g/mol. The number of ether oxygens (including phenoxy) is 1. The lowest BCUT2D eigenvalue weighted by molar-refractivity contribution is 0.413. The molecule has 2 aliphatic rings. The van der Waals surface area contributed by atoms with Crippen LogP contribution in [0, 0.1) is 6.92 Å². The van der Waals surface area contributed by atoms with Crippen molar-refractivity contribution in [1.82, 2.24) is 9.97 Å². The predicted molar refractivity (Wildman–Crippen MR) is 110 cm³/mol. The number of rotatable bonds is 4. The molecule has 0 radical (unpaired) electrons. The van der Waals surface area contributed by atoms with Crippen molar-refractivity contribution in [2.45, 2.75) is 26.2 Å². The molecule has 0 aliphatic carbocycles. The fourth-order valence-electron chi connectivity index (χ4n) is 4.00. The Morgan fingerprint density at radius 2 is 1.52 bits per heavy atom. The molecule has 0 N–H and O–H groups in total. The first-order chi connectivity index (χ1) is 13.2. The third-order valence-corrected chi connectivity index (χ3v) is 5.50. The topological polar surface area (TPSA) is 44.7 Å². The minimum atomic E-state index is 0.900. The molecule has 0 spiro atoms. The van der Waals surface area contributed by atoms with E-state index in [-0.39, 0.29) is 0 Å². The summed E-state index contributed by atoms with van der Waals surface area (Å²) in [5.41, 5.74) is 2.22. The van der Waals surface area contributed by atoms with Gasteiger partial charge in [0.15, 0.2) is 0 Å². The maximum absolute atomic E-state index is 5.53. The molecule has 0 saturated carbocycles. The van der Waals surface area contributed by atoms with E-state index in [0.29, 0.717) is 0 Å². The van der Waals surface area contributed by atoms with E-state index >= 15 is 0 Å². The van der Waals surface area contributed by atoms with Crippen LogP contribution in [0.15, 0.2) is 30.3 Å². The second kappa shape index (κ2) is 8.03. The highest BCUT2D eigenvalue weighted by atomic mass is 16.5. The van der Waals surface area contributed by atoms with E-state index in [2.05, 4.69) is 39.8 Å². The summed E-state index contributed by atoms with van der Waals surface area (Å²) in [4.78, 5) is 16.7. The second-order valence-electron chi connectivity index (χ2n) is 7.36. The molecule has 3 heterocycles. The van der Waals surface area contributed by atoms with Gasteiger partial charge in [-0.1, -0.05) is 12.1 Å². The Labute approximate surface area is 161 Å². The van der Waals surface area contributed by atoms with Gasteiger partial charge in [-0.15, -0.1) is 0 Å². The average Bonchev–Trinajstić information content (AvgIpc) is 2.74. The van der Waals surface area contributed by atoms with Crippen molar-refractivity contribution in [2.75, 3.05) is 61.1 Å². The van der Waals surface area contributed by atoms with Crippen LogP contribution in [0.3, 0.4) is 0 Å². The van der Waals surface area contributed by atoms with Gasteiger partial charge in [0, 0.05) is 51.0 Å². The molecule has 2 saturated heterocycles. The SMILES string of the molecule is COc1ccccc1N1CCN(c2cc(C)nc(N3CCCCC3)n2)CC1. The highest BCUT2D eigenvalue weighted by Gasteiger charge is 2.22. The summed E-state index contributed by atoms with van der Waals surface area (Å²) < 4.78 is 5.53. The first-order valence-corrected chi connectivity index (χ1v) is 9.98. The standard InChI is InChI=1S/C21H29N5O/c1-17-16-20(23-21(22-17)26-10-6-3-7-11-26)25-14-12-24(13-15-25)18-8-4-5-9-19(18)27-2/h4-5,8-9,16H,3,6-7,10-15H2,1-2H3. The van der Waals surface area contributed by atoms with Gasteiger partial charge in [0.1, 0.15) is 11.6 Å². The number of para-hydroxylation sites is 2. The quantitative estimate of drug-likeness (QED) is 0.827. The van der Waals surface area contributed by atoms with Gasteiger partial charge in [-0.2, -0.15) is 4.98 Å². The zero-order valence-electron chi connectivity index (χ0n) is 16.4. The van der Waals surface area contributed by atoms with Gasteiger partial charge in [-0.3, -0.25) is 0 Å². The molecule has 2 aliphatic heterocycles. The highest BCUT2D eigenvalue weighted by Crippen LogP contribution is 2.29. The minimum Gasteiger partial charge on any atom is -0.495 e. The molecule has 144 valence electrons. The summed E-state index contributed by atoms with van der Waals surface area (Å²) >= 11 is 0. The third kappa shape index (κ3) is 3.94. The van der Waals surface area contributed by atoms with Crippen molar-refractivity contribution < 1.29 is 4.74 Å². The number of anilines is 3. The Morgan fingerprint density at radius 3 is 2.26 bits per heavy atom. The Kier molecular flexibility index (Phi) is 5.32. The molecule has 6 heteroatoms. The number of aryl methyl sites for hydroxylation is 1. The molecule has 6 nitrogen and oxygen atoms in total. The smallest absolute Gasteiger partial charge is 0.227 e. The molecule has 2 fully saturated rings. The van der Waals surface area contributed by atoms with Gasteiger partial charge in [0.2, 0.25) is 5.95 Å². The molecular formula is C21H29N5O. The lowest BCUT2D eigenvalue weighted by Crippen LogP contribution is -2.47. The van der Waals surface area contributed by atoms with Crippen molar-refractivity contribution >= 4 is 17.5 Å². The largest absolute Gasteiger partial charge is 0.495 e. The van der Waals surface area contributed by atoms with Crippen LogP contribution < -0.4 is 19.4 Å². The van der Waals surface area contributed by atoms with Gasteiger partial charge in [-0.05, 0) is 38.3 Å². The van der Waals surface area contributed by atoms with Crippen LogP contribution in [0.4, 0.5) is 17.5 Å². The lowest BCUT2D eigenvalue weighted by Gasteiger charge is -2.37. The highest BCUT2D eigenvalue weighted by molar-refractivity contribution is 5.59. The fourth-order valence-corrected chi connectivity index (χ4v) is 4.00. The first kappa shape index (κ1) is 17.9. The van der Waals surface area contributed by atoms with E-state index in [9.17, 15) is 0 Å². The lowest BCUT2D eigenvalue weighted by atomic mass is 10.1. The Hall–Kier alpha value is -2.50. The number of aromatic nitrogens is 2. The molecule has 0 bridgehead atoms. The summed E-state index contributed by atoms with van der Waals surface area (Å²) in [5, 5.41) is 0. The van der Waals surface area contributed by atoms with Crippen LogP contribution in [0.25, 0.3) is 0 Å². The number of hydrogen-bond donors (Lipinski definition) is 0. The van der Waals surface area contributed by atoms with Gasteiger partial charge >= 0.3 is 0 Å². The Bertz CT molecular complexity index is 767. The van der Waals surface area contributed by atoms with Crippen LogP contribution in [-0.4, -0.2) is 56.3 Å². The van der Waals surface area contributed by atoms with E-state index in [1.807, 2.05) is 12.1 Å². The van der Waals surface area contributed by atoms with Gasteiger partial charge < -0.3 is 19.4 Å². The summed E-state index contributed by atoms with van der Waals surface area (Å²) in [7, 11) is 1.74. The Morgan fingerprint density at radius 1 is 0.815 bits per heavy atom. The molecule has 1 aromatic heterocycles. The molecule has 0 unspecified atom stereocenters. The molecule has 0 amide bonds. The number of methoxy groups -OCH3 is 1. The summed E-state index contributed by atoms with van der Waals surface area (Å²) in [6, 6.07) is 10.4. The minimum absolute atomic E-state index is 0.900. The zero-order chi connectivity index (χ0) is 18.6. The van der Waals surface area contributed by atoms with E-state index < -0.39 is 0 Å². The van der Waals surface area contributed by atoms with Gasteiger partial charge in [0.05, 0.1) is 12.8 Å². The van der Waals surface area contributed by atoms with Crippen molar-refractivity contribution in [1.29, 1.82) is 0 Å². The van der Waals surface area contributed by atoms with Crippen LogP contribution in [0.5, 0.6) is 5.75 Å². The molecule has 4 rings (SSSR count). The van der Waals surface area contributed by atoms with Crippen LogP contribution in [-0.2, 0) is 0 Å². The molecule has 1 aromatic carbocycles. The molecule has 0 atom stereocenters. The third-order valence-electron chi connectivity index (χ3n) is 5.50. The second-order valence-corrected chi connectivity index (χ2v) is 7.36. The number of benzene rings is 1. The summed E-state index contributed by atoms with van der Waals surface area (Å²) in [5.74, 6) is 2.90. The number of hydrogen-bond acceptors (Lipinski definition) is 6. The van der Waals surface area contributed by atoms with E-state index in [1.54, 1.807) is 7.11 Å². The summed E-state index contributed by atoms with van der Waals surface area (Å²) in [6.45, 7) is 8.05. The van der Waals surface area contributed by atoms with Gasteiger partial charge in [-0.25, -0.2) is 4.98 Å². The van der Waals surface area contributed by atoms with E-state index in [0.717, 1.165) is 62.5 Å². The van der Waals surface area contributed by atoms with E-state index in [4.69, 9.17) is 14.7 Å². The summed E-state index contributed by atoms with van der Waals surface area (Å²) in [6.07, 6.45) is 3.80. The molecule has 27 heavy (non-hydrogen) atoms. The van der Waals surface area contributed by atoms with Crippen molar-refractivity contribution in [3.8, 4) is 5.75 Å². The normalized spacial score (nSPS) is 17.9. The maximum atomic E-state index is 5.53. The average molecular weight is 367 g/mol. The number of piperazine rings is 1. The van der Waals surface area contributed by atoms with Crippen LogP contribution in [0.1, 0.15) is 25.0 Å². The van der Waals surface area contributed by atoms with Crippen LogP contribution in [0.2, 0.25) is 0 Å². The number of piperidine rings is 1. The predicted octanol–water partition coefficient (Wildman–Crippen LogP) is 3.11. The number of nitrogens with zero attached hydrogens (tertiary/aromatic N) is 5. The molecular weight excluding hydrogens is 338 g/mol. The fraction of sp³-hybridized carbons (Fsp3) is 0.524. The van der Waals surface area contributed by atoms with Crippen LogP contribution >= 0.6 is 0 Å². The molecule has 2 aromatic rings. The van der Waals surface area contributed by atoms with Crippen molar-refractivity contribution in [2.24, 2.45) is 0 Å². The zero-order valence-corrected chi connectivity index (χ0v) is 16.4. The van der Waals surface area contributed by atoms with Gasteiger partial charge in [0.25, 0.3) is 0 Å². The first-order valence-electron chi connectivity index (χ1n) is 9.98. The van der Waals surface area contributed by atoms with Crippen molar-refractivity contribution in [3.63, 3.8) is 0 Å². The van der Waals surface area contributed by atoms with Crippen molar-refractivity contribution in [3.05, 3.63) is 36.0 Å². The Balaban J connectivity index is 1.47. The van der Waals surface area contributed by atoms with E-state index in [1.165, 1.54) is 24.9 Å².